The predicted octanol–water partition coefficient (Wildman–Crippen LogP) is 6.19. The number of benzene rings is 1. The van der Waals surface area contributed by atoms with Gasteiger partial charge in [-0.2, -0.15) is 18.3 Å². The molecule has 2 amide bonds. The number of anilines is 1. The third-order valence-electron chi connectivity index (χ3n) is 6.42. The molecule has 4 aromatic heterocycles. The summed E-state index contributed by atoms with van der Waals surface area (Å²) in [5.74, 6) is -2.00. The highest BCUT2D eigenvalue weighted by molar-refractivity contribution is 7.21. The number of nitrogens with two attached hydrogens (primary N) is 1. The Bertz CT molecular complexity index is 1810. The zero-order valence-electron chi connectivity index (χ0n) is 20.2. The van der Waals surface area contributed by atoms with Crippen LogP contribution in [-0.4, -0.2) is 31.4 Å². The van der Waals surface area contributed by atoms with Crippen LogP contribution < -0.4 is 11.1 Å². The Labute approximate surface area is 225 Å². The fraction of sp³-hybridized carbons (Fsp3) is 0.192. The Morgan fingerprint density at radius 3 is 2.42 bits per heavy atom. The molecule has 0 bridgehead atoms. The van der Waals surface area contributed by atoms with E-state index in [0.29, 0.717) is 34.3 Å². The molecule has 0 aliphatic heterocycles. The molecular formula is C26H17F5N6O2S. The molecule has 0 unspecified atom stereocenters. The van der Waals surface area contributed by atoms with Crippen molar-refractivity contribution in [2.45, 2.75) is 31.4 Å². The van der Waals surface area contributed by atoms with Gasteiger partial charge in [-0.1, -0.05) is 30.3 Å². The molecule has 1 fully saturated rings. The van der Waals surface area contributed by atoms with Gasteiger partial charge >= 0.3 is 6.18 Å². The highest BCUT2D eigenvalue weighted by atomic mass is 32.1. The minimum Gasteiger partial charge on any atom is -0.365 e. The molecule has 4 heterocycles. The average molecular weight is 573 g/mol. The molecule has 0 spiro atoms. The summed E-state index contributed by atoms with van der Waals surface area (Å²) in [7, 11) is 0. The third kappa shape index (κ3) is 4.53. The van der Waals surface area contributed by atoms with Gasteiger partial charge in [-0.15, -0.1) is 11.3 Å². The maximum atomic E-state index is 13.8. The van der Waals surface area contributed by atoms with E-state index in [2.05, 4.69) is 20.4 Å². The molecule has 1 aliphatic carbocycles. The van der Waals surface area contributed by atoms with Crippen LogP contribution in [-0.2, 0) is 6.18 Å². The Morgan fingerprint density at radius 1 is 1.07 bits per heavy atom. The summed E-state index contributed by atoms with van der Waals surface area (Å²) in [5.41, 5.74) is 4.27. The molecule has 204 valence electrons. The monoisotopic (exact) mass is 572 g/mol. The highest BCUT2D eigenvalue weighted by Crippen LogP contribution is 2.43. The number of aromatic nitrogens is 4. The second-order valence-corrected chi connectivity index (χ2v) is 10.2. The lowest BCUT2D eigenvalue weighted by Crippen LogP contribution is -2.18. The van der Waals surface area contributed by atoms with Crippen LogP contribution in [0.25, 0.3) is 27.0 Å². The van der Waals surface area contributed by atoms with Crippen LogP contribution >= 0.6 is 11.3 Å². The Balaban J connectivity index is 1.49. The van der Waals surface area contributed by atoms with Crippen LogP contribution in [0, 0.1) is 0 Å². The Kier molecular flexibility index (Phi) is 6.02. The van der Waals surface area contributed by atoms with Gasteiger partial charge in [0, 0.05) is 23.1 Å². The van der Waals surface area contributed by atoms with Crippen LogP contribution in [0.15, 0.2) is 48.5 Å². The van der Waals surface area contributed by atoms with Gasteiger partial charge in [0.2, 0.25) is 0 Å². The molecule has 1 aliphatic rings. The summed E-state index contributed by atoms with van der Waals surface area (Å²) in [5, 5.41) is 6.54. The zero-order valence-corrected chi connectivity index (χ0v) is 21.0. The van der Waals surface area contributed by atoms with Gasteiger partial charge < -0.3 is 11.1 Å². The minimum atomic E-state index is -4.76. The van der Waals surface area contributed by atoms with Crippen molar-refractivity contribution in [3.05, 3.63) is 76.2 Å². The lowest BCUT2D eigenvalue weighted by Gasteiger charge is -2.11. The summed E-state index contributed by atoms with van der Waals surface area (Å²) in [4.78, 5) is 33.7. The van der Waals surface area contributed by atoms with E-state index in [9.17, 15) is 31.5 Å². The van der Waals surface area contributed by atoms with Gasteiger partial charge in [0.05, 0.1) is 5.69 Å². The van der Waals surface area contributed by atoms with E-state index in [4.69, 9.17) is 5.73 Å². The summed E-state index contributed by atoms with van der Waals surface area (Å²) in [6.45, 7) is 0. The fourth-order valence-electron chi connectivity index (χ4n) is 4.44. The Hall–Kier alpha value is -4.46. The first-order chi connectivity index (χ1) is 19.0. The summed E-state index contributed by atoms with van der Waals surface area (Å²) < 4.78 is 69.3. The number of fused-ring (bicyclic) bond motifs is 2. The van der Waals surface area contributed by atoms with Crippen LogP contribution in [0.2, 0.25) is 0 Å². The van der Waals surface area contributed by atoms with E-state index < -0.39 is 41.5 Å². The van der Waals surface area contributed by atoms with Gasteiger partial charge in [0.1, 0.15) is 21.1 Å². The summed E-state index contributed by atoms with van der Waals surface area (Å²) >= 11 is 0.712. The predicted molar refractivity (Wildman–Crippen MR) is 136 cm³/mol. The van der Waals surface area contributed by atoms with E-state index >= 15 is 0 Å². The number of amides is 2. The normalized spacial score (nSPS) is 13.8. The van der Waals surface area contributed by atoms with Crippen molar-refractivity contribution in [1.29, 1.82) is 0 Å². The van der Waals surface area contributed by atoms with Crippen LogP contribution in [0.4, 0.5) is 27.6 Å². The quantitative estimate of drug-likeness (QED) is 0.236. The van der Waals surface area contributed by atoms with Gasteiger partial charge in [0.25, 0.3) is 18.2 Å². The van der Waals surface area contributed by atoms with E-state index in [1.165, 1.54) is 0 Å². The molecule has 0 radical (unpaired) electrons. The number of primary amides is 1. The number of nitrogens with zero attached hydrogens (tertiary/aromatic N) is 4. The zero-order chi connectivity index (χ0) is 28.3. The van der Waals surface area contributed by atoms with Crippen molar-refractivity contribution >= 4 is 44.7 Å². The van der Waals surface area contributed by atoms with Crippen LogP contribution in [0.5, 0.6) is 0 Å². The number of alkyl halides is 5. The first kappa shape index (κ1) is 25.8. The molecule has 8 nitrogen and oxygen atoms in total. The van der Waals surface area contributed by atoms with Gasteiger partial charge in [0.15, 0.2) is 11.3 Å². The molecule has 40 heavy (non-hydrogen) atoms. The lowest BCUT2D eigenvalue weighted by atomic mass is 10.0. The Morgan fingerprint density at radius 2 is 1.80 bits per heavy atom. The van der Waals surface area contributed by atoms with Crippen molar-refractivity contribution in [3.8, 4) is 11.1 Å². The molecule has 3 N–H and O–H groups in total. The molecular weight excluding hydrogens is 555 g/mol. The largest absolute Gasteiger partial charge is 0.433 e. The molecule has 6 rings (SSSR count). The highest BCUT2D eigenvalue weighted by Gasteiger charge is 2.37. The number of nitrogens with one attached hydrogen (secondary N) is 1. The number of hydrogen-bond donors (Lipinski definition) is 2. The average Bonchev–Trinajstić information content (AvgIpc) is 3.57. The summed E-state index contributed by atoms with van der Waals surface area (Å²) in [6, 6.07) is 11.6. The maximum Gasteiger partial charge on any atom is 0.433 e. The maximum absolute atomic E-state index is 13.8. The third-order valence-corrected chi connectivity index (χ3v) is 7.52. The number of pyridine rings is 1. The number of rotatable bonds is 6. The number of hydrogen-bond acceptors (Lipinski definition) is 6. The van der Waals surface area contributed by atoms with E-state index in [1.54, 1.807) is 30.3 Å². The lowest BCUT2D eigenvalue weighted by molar-refractivity contribution is -0.142. The van der Waals surface area contributed by atoms with Crippen LogP contribution in [0.1, 0.15) is 62.4 Å². The molecule has 0 atom stereocenters. The second kappa shape index (κ2) is 9.33. The van der Waals surface area contributed by atoms with Gasteiger partial charge in [-0.05, 0) is 36.1 Å². The van der Waals surface area contributed by atoms with E-state index in [-0.39, 0.29) is 43.6 Å². The van der Waals surface area contributed by atoms with E-state index in [0.717, 1.165) is 18.2 Å². The number of carbonyl (C=O) groups is 2. The van der Waals surface area contributed by atoms with Crippen molar-refractivity contribution < 1.29 is 31.5 Å². The SMILES string of the molecule is NC(=O)c1sc2nc(C(F)F)cc(-c3ccccc3)c2c1NC(=O)c1cc2nc(C3CC3)cc(C(F)(F)F)n2n1. The van der Waals surface area contributed by atoms with Gasteiger partial charge in [-0.25, -0.2) is 23.3 Å². The first-order valence-electron chi connectivity index (χ1n) is 11.9. The molecule has 14 heteroatoms. The molecule has 0 saturated heterocycles. The first-order valence-corrected chi connectivity index (χ1v) is 12.7. The van der Waals surface area contributed by atoms with Gasteiger partial charge in [-0.3, -0.25) is 9.59 Å². The topological polar surface area (TPSA) is 115 Å². The molecule has 5 aromatic rings. The van der Waals surface area contributed by atoms with Crippen LogP contribution in [0.3, 0.4) is 0 Å². The van der Waals surface area contributed by atoms with Crippen molar-refractivity contribution in [3.63, 3.8) is 0 Å². The van der Waals surface area contributed by atoms with Crippen molar-refractivity contribution in [2.75, 3.05) is 5.32 Å². The van der Waals surface area contributed by atoms with Crippen molar-refractivity contribution in [2.24, 2.45) is 5.73 Å². The minimum absolute atomic E-state index is 0.0193. The summed E-state index contributed by atoms with van der Waals surface area (Å²) in [6.07, 6.45) is -6.24. The smallest absolute Gasteiger partial charge is 0.365 e. The molecule has 1 saturated carbocycles. The fourth-order valence-corrected chi connectivity index (χ4v) is 5.45. The number of carbonyl (C=O) groups excluding carboxylic acids is 2. The number of thiophene rings is 1. The number of halogens is 5. The van der Waals surface area contributed by atoms with E-state index in [1.807, 2.05) is 0 Å². The molecule has 1 aromatic carbocycles. The second-order valence-electron chi connectivity index (χ2n) is 9.20. The standard InChI is InChI=1S/C26H17F5N6O2S/c27-22(28)15-8-13(11-4-2-1-3-5-11)19-20(21(23(32)38)40-25(19)34-15)35-24(39)16-10-18-33-14(12-6-7-12)9-17(26(29,30)31)37(18)36-16/h1-5,8-10,12,22H,6-7H2,(H2,32,38)(H,35,39). The van der Waals surface area contributed by atoms with Crippen molar-refractivity contribution in [1.82, 2.24) is 19.6 Å².